The Kier molecular flexibility index (Phi) is 6.72. The maximum atomic E-state index is 13.9. The summed E-state index contributed by atoms with van der Waals surface area (Å²) in [6.45, 7) is 4.39. The van der Waals surface area contributed by atoms with E-state index in [9.17, 15) is 4.39 Å². The van der Waals surface area contributed by atoms with Gasteiger partial charge in [0.15, 0.2) is 0 Å². The fraction of sp³-hybridized carbons (Fsp3) is 0.524. The molecule has 22 heavy (non-hydrogen) atoms. The van der Waals surface area contributed by atoms with Gasteiger partial charge in [0, 0.05) is 0 Å². The topological polar surface area (TPSA) is 0 Å². The molecule has 1 aliphatic rings. The molecular weight excluding hydrogens is 271 g/mol. The molecule has 1 fully saturated rings. The third-order valence-corrected chi connectivity index (χ3v) is 4.70. The highest BCUT2D eigenvalue weighted by Gasteiger charge is 2.17. The molecule has 0 nitrogen and oxygen atoms in total. The number of benzene rings is 1. The largest absolute Gasteiger partial charge is 0.206 e. The van der Waals surface area contributed by atoms with Crippen molar-refractivity contribution < 1.29 is 4.39 Å². The highest BCUT2D eigenvalue weighted by molar-refractivity contribution is 5.39. The third kappa shape index (κ3) is 5.02. The summed E-state index contributed by atoms with van der Waals surface area (Å²) in [5, 5.41) is 0. The lowest BCUT2D eigenvalue weighted by molar-refractivity contribution is 0.304. The van der Waals surface area contributed by atoms with E-state index in [1.807, 2.05) is 12.1 Å². The predicted molar refractivity (Wildman–Crippen MR) is 92.2 cm³/mol. The number of rotatable bonds is 4. The van der Waals surface area contributed by atoms with Crippen molar-refractivity contribution in [2.45, 2.75) is 58.8 Å². The summed E-state index contributed by atoms with van der Waals surface area (Å²) < 4.78 is 13.9. The molecule has 118 valence electrons. The van der Waals surface area contributed by atoms with Crippen molar-refractivity contribution in [3.05, 3.63) is 47.3 Å². The average Bonchev–Trinajstić information content (AvgIpc) is 2.54. The molecule has 0 atom stereocenters. The van der Waals surface area contributed by atoms with E-state index in [0.29, 0.717) is 11.5 Å². The normalized spacial score (nSPS) is 21.6. The van der Waals surface area contributed by atoms with Crippen LogP contribution in [0.2, 0.25) is 0 Å². The Hall–Kier alpha value is -1.55. The van der Waals surface area contributed by atoms with Gasteiger partial charge in [-0.2, -0.15) is 0 Å². The molecule has 2 rings (SSSR count). The minimum absolute atomic E-state index is 0.199. The fourth-order valence-electron chi connectivity index (χ4n) is 3.20. The lowest BCUT2D eigenvalue weighted by Gasteiger charge is -2.25. The summed E-state index contributed by atoms with van der Waals surface area (Å²) in [6, 6.07) is 5.39. The van der Waals surface area contributed by atoms with Gasteiger partial charge in [0.2, 0.25) is 0 Å². The second-order valence-corrected chi connectivity index (χ2v) is 6.38. The molecule has 1 heteroatoms. The molecule has 0 aliphatic heterocycles. The lowest BCUT2D eigenvalue weighted by Crippen LogP contribution is -2.11. The summed E-state index contributed by atoms with van der Waals surface area (Å²) in [4.78, 5) is 0. The van der Waals surface area contributed by atoms with E-state index in [2.05, 4.69) is 31.8 Å². The van der Waals surface area contributed by atoms with Crippen molar-refractivity contribution in [3.8, 4) is 11.8 Å². The van der Waals surface area contributed by atoms with Crippen LogP contribution in [0.25, 0.3) is 0 Å². The Bertz CT molecular complexity index is 551. The molecule has 0 unspecified atom stereocenters. The highest BCUT2D eigenvalue weighted by Crippen LogP contribution is 2.31. The van der Waals surface area contributed by atoms with Crippen LogP contribution in [-0.4, -0.2) is 0 Å². The van der Waals surface area contributed by atoms with Gasteiger partial charge in [0.05, 0.1) is 5.56 Å². The first-order chi connectivity index (χ1) is 10.7. The van der Waals surface area contributed by atoms with Gasteiger partial charge in [0.1, 0.15) is 5.82 Å². The molecule has 0 radical (unpaired) electrons. The van der Waals surface area contributed by atoms with Crippen molar-refractivity contribution in [3.63, 3.8) is 0 Å². The summed E-state index contributed by atoms with van der Waals surface area (Å²) in [5.74, 6) is 7.31. The predicted octanol–water partition coefficient (Wildman–Crippen LogP) is 5.90. The molecular formula is C21H27F. The van der Waals surface area contributed by atoms with E-state index < -0.39 is 0 Å². The van der Waals surface area contributed by atoms with Gasteiger partial charge in [-0.05, 0) is 67.7 Å². The summed E-state index contributed by atoms with van der Waals surface area (Å²) >= 11 is 0. The molecule has 0 aromatic heterocycles. The average molecular weight is 298 g/mol. The van der Waals surface area contributed by atoms with E-state index >= 15 is 0 Å². The summed E-state index contributed by atoms with van der Waals surface area (Å²) in [6.07, 6.45) is 12.6. The van der Waals surface area contributed by atoms with Crippen molar-refractivity contribution in [1.82, 2.24) is 0 Å². The molecule has 1 aromatic rings. The Morgan fingerprint density at radius 1 is 1.18 bits per heavy atom. The number of hydrogen-bond donors (Lipinski definition) is 0. The minimum Gasteiger partial charge on any atom is -0.206 e. The molecule has 0 amide bonds. The Balaban J connectivity index is 1.89. The van der Waals surface area contributed by atoms with Crippen LogP contribution >= 0.6 is 0 Å². The quantitative estimate of drug-likeness (QED) is 0.607. The number of allylic oxidation sites excluding steroid dienone is 2. The van der Waals surface area contributed by atoms with Gasteiger partial charge >= 0.3 is 0 Å². The molecule has 1 aromatic carbocycles. The van der Waals surface area contributed by atoms with Crippen LogP contribution in [-0.2, 0) is 6.42 Å². The van der Waals surface area contributed by atoms with E-state index in [-0.39, 0.29) is 5.82 Å². The SMILES string of the molecule is CCCc1ccc(C#CC=C[C@H]2CC[C@H](CC)CC2)c(F)c1. The van der Waals surface area contributed by atoms with Crippen LogP contribution < -0.4 is 0 Å². The van der Waals surface area contributed by atoms with Crippen LogP contribution in [0, 0.1) is 29.5 Å². The standard InChI is InChI=1S/C21H27F/c1-3-7-19-14-15-20(21(22)16-19)9-6-5-8-18-12-10-17(4-2)11-13-18/h5,8,14-18H,3-4,7,10-13H2,1-2H3/t17-,18-. The Labute approximate surface area is 134 Å². The molecule has 0 bridgehead atoms. The van der Waals surface area contributed by atoms with Crippen molar-refractivity contribution in [2.75, 3.05) is 0 Å². The monoisotopic (exact) mass is 298 g/mol. The minimum atomic E-state index is -0.199. The van der Waals surface area contributed by atoms with E-state index in [0.717, 1.165) is 24.3 Å². The summed E-state index contributed by atoms with van der Waals surface area (Å²) in [7, 11) is 0. The number of aryl methyl sites for hydroxylation is 1. The van der Waals surface area contributed by atoms with Gasteiger partial charge in [-0.15, -0.1) is 0 Å². The maximum absolute atomic E-state index is 13.9. The van der Waals surface area contributed by atoms with Crippen molar-refractivity contribution in [1.29, 1.82) is 0 Å². The number of halogens is 1. The zero-order valence-corrected chi connectivity index (χ0v) is 13.9. The smallest absolute Gasteiger partial charge is 0.139 e. The van der Waals surface area contributed by atoms with Gasteiger partial charge in [-0.3, -0.25) is 0 Å². The molecule has 0 N–H and O–H groups in total. The second-order valence-electron chi connectivity index (χ2n) is 6.38. The molecule has 0 saturated heterocycles. The fourth-order valence-corrected chi connectivity index (χ4v) is 3.20. The molecule has 0 heterocycles. The first kappa shape index (κ1) is 16.8. The van der Waals surface area contributed by atoms with Gasteiger partial charge in [-0.25, -0.2) is 4.39 Å². The van der Waals surface area contributed by atoms with Crippen LogP contribution in [0.5, 0.6) is 0 Å². The highest BCUT2D eigenvalue weighted by atomic mass is 19.1. The van der Waals surface area contributed by atoms with Crippen molar-refractivity contribution >= 4 is 0 Å². The first-order valence-electron chi connectivity index (χ1n) is 8.69. The molecule has 1 aliphatic carbocycles. The third-order valence-electron chi connectivity index (χ3n) is 4.70. The second kappa shape index (κ2) is 8.79. The van der Waals surface area contributed by atoms with Gasteiger partial charge < -0.3 is 0 Å². The van der Waals surface area contributed by atoms with E-state index in [4.69, 9.17) is 0 Å². The van der Waals surface area contributed by atoms with Crippen LogP contribution in [0.1, 0.15) is 63.5 Å². The Morgan fingerprint density at radius 2 is 1.95 bits per heavy atom. The zero-order chi connectivity index (χ0) is 15.8. The van der Waals surface area contributed by atoms with Crippen LogP contribution in [0.4, 0.5) is 4.39 Å². The maximum Gasteiger partial charge on any atom is 0.139 e. The van der Waals surface area contributed by atoms with Gasteiger partial charge in [-0.1, -0.05) is 50.7 Å². The molecule has 0 spiro atoms. The van der Waals surface area contributed by atoms with E-state index in [1.165, 1.54) is 32.1 Å². The van der Waals surface area contributed by atoms with Gasteiger partial charge in [0.25, 0.3) is 0 Å². The Morgan fingerprint density at radius 3 is 2.59 bits per heavy atom. The molecule has 1 saturated carbocycles. The first-order valence-corrected chi connectivity index (χ1v) is 8.69. The van der Waals surface area contributed by atoms with Crippen LogP contribution in [0.15, 0.2) is 30.4 Å². The van der Waals surface area contributed by atoms with Crippen molar-refractivity contribution in [2.24, 2.45) is 11.8 Å². The van der Waals surface area contributed by atoms with E-state index in [1.54, 1.807) is 12.1 Å². The number of hydrogen-bond acceptors (Lipinski definition) is 0. The van der Waals surface area contributed by atoms with Crippen LogP contribution in [0.3, 0.4) is 0 Å². The lowest BCUT2D eigenvalue weighted by atomic mass is 9.81. The zero-order valence-electron chi connectivity index (χ0n) is 13.9. The summed E-state index contributed by atoms with van der Waals surface area (Å²) in [5.41, 5.74) is 1.55.